The minimum absolute atomic E-state index is 0.244. The predicted molar refractivity (Wildman–Crippen MR) is 83.9 cm³/mol. The number of benzene rings is 1. The lowest BCUT2D eigenvalue weighted by Crippen LogP contribution is -2.39. The summed E-state index contributed by atoms with van der Waals surface area (Å²) in [6, 6.07) is 6.34. The predicted octanol–water partition coefficient (Wildman–Crippen LogP) is 3.17. The molecule has 1 aromatic carbocycles. The van der Waals surface area contributed by atoms with Gasteiger partial charge < -0.3 is 14.2 Å². The first kappa shape index (κ1) is 14.6. The molecule has 0 saturated heterocycles. The maximum absolute atomic E-state index is 12.2. The number of carbonyl (C=O) groups is 1. The second-order valence-electron chi connectivity index (χ2n) is 6.57. The molecule has 0 bridgehead atoms. The largest absolute Gasteiger partial charge is 0.444 e. The van der Waals surface area contributed by atoms with Crippen molar-refractivity contribution in [2.75, 3.05) is 6.54 Å². The molecule has 0 radical (unpaired) electrons. The van der Waals surface area contributed by atoms with Gasteiger partial charge in [0.15, 0.2) is 0 Å². The molecule has 1 aliphatic heterocycles. The summed E-state index contributed by atoms with van der Waals surface area (Å²) in [6.45, 7) is 6.96. The summed E-state index contributed by atoms with van der Waals surface area (Å²) in [7, 11) is 0. The highest BCUT2D eigenvalue weighted by atomic mass is 16.6. The molecule has 116 valence electrons. The number of fused-ring (bicyclic) bond motifs is 1. The number of amides is 1. The second kappa shape index (κ2) is 5.48. The number of hydrogen-bond donors (Lipinski definition) is 0. The summed E-state index contributed by atoms with van der Waals surface area (Å²) in [5.41, 5.74) is 3.06. The molecular formula is C17H21N3O2. The summed E-state index contributed by atoms with van der Waals surface area (Å²) < 4.78 is 7.43. The minimum Gasteiger partial charge on any atom is -0.444 e. The summed E-state index contributed by atoms with van der Waals surface area (Å²) in [6.07, 6.45) is 6.06. The van der Waals surface area contributed by atoms with Gasteiger partial charge in [0.1, 0.15) is 5.60 Å². The van der Waals surface area contributed by atoms with Crippen LogP contribution in [0.25, 0.3) is 5.69 Å². The first-order valence-corrected chi connectivity index (χ1v) is 7.50. The standard InChI is InChI=1S/C17H21N3O2/c1-17(2,3)22-16(21)19-8-6-13-4-5-15(10-14(13)11-19)20-9-7-18-12-20/h4-5,7,9-10,12H,6,8,11H2,1-3H3. The fraction of sp³-hybridized carbons (Fsp3) is 0.412. The number of ether oxygens (including phenoxy) is 1. The Kier molecular flexibility index (Phi) is 3.64. The average molecular weight is 299 g/mol. The fourth-order valence-corrected chi connectivity index (χ4v) is 2.60. The molecule has 1 aliphatic rings. The lowest BCUT2D eigenvalue weighted by Gasteiger charge is -2.31. The Bertz CT molecular complexity index is 672. The molecule has 0 saturated carbocycles. The van der Waals surface area contributed by atoms with Crippen molar-refractivity contribution in [3.63, 3.8) is 0 Å². The van der Waals surface area contributed by atoms with Gasteiger partial charge >= 0.3 is 6.09 Å². The van der Waals surface area contributed by atoms with E-state index in [1.165, 1.54) is 11.1 Å². The molecule has 22 heavy (non-hydrogen) atoms. The molecule has 0 aliphatic carbocycles. The van der Waals surface area contributed by atoms with Crippen molar-refractivity contribution in [2.45, 2.75) is 39.3 Å². The third kappa shape index (κ3) is 3.13. The fourth-order valence-electron chi connectivity index (χ4n) is 2.60. The molecule has 0 N–H and O–H groups in total. The zero-order valence-electron chi connectivity index (χ0n) is 13.2. The van der Waals surface area contributed by atoms with Crippen LogP contribution in [-0.4, -0.2) is 32.7 Å². The van der Waals surface area contributed by atoms with Gasteiger partial charge in [0.05, 0.1) is 6.33 Å². The Hall–Kier alpha value is -2.30. The van der Waals surface area contributed by atoms with Gasteiger partial charge in [-0.15, -0.1) is 0 Å². The number of carbonyl (C=O) groups excluding carboxylic acids is 1. The van der Waals surface area contributed by atoms with Crippen LogP contribution in [0.5, 0.6) is 0 Å². The highest BCUT2D eigenvalue weighted by Crippen LogP contribution is 2.23. The van der Waals surface area contributed by atoms with Crippen LogP contribution in [-0.2, 0) is 17.7 Å². The van der Waals surface area contributed by atoms with E-state index >= 15 is 0 Å². The van der Waals surface area contributed by atoms with Crippen molar-refractivity contribution in [1.29, 1.82) is 0 Å². The van der Waals surface area contributed by atoms with Crippen molar-refractivity contribution < 1.29 is 9.53 Å². The molecule has 2 aromatic rings. The van der Waals surface area contributed by atoms with Crippen LogP contribution in [0.1, 0.15) is 31.9 Å². The Labute approximate surface area is 130 Å². The van der Waals surface area contributed by atoms with Crippen molar-refractivity contribution in [2.24, 2.45) is 0 Å². The van der Waals surface area contributed by atoms with E-state index in [9.17, 15) is 4.79 Å². The van der Waals surface area contributed by atoms with Gasteiger partial charge in [0, 0.05) is 31.2 Å². The maximum Gasteiger partial charge on any atom is 0.410 e. The van der Waals surface area contributed by atoms with Crippen LogP contribution in [0.4, 0.5) is 4.79 Å². The second-order valence-corrected chi connectivity index (χ2v) is 6.57. The van der Waals surface area contributed by atoms with Crippen LogP contribution in [0.15, 0.2) is 36.9 Å². The van der Waals surface area contributed by atoms with Gasteiger partial charge in [0.25, 0.3) is 0 Å². The zero-order chi connectivity index (χ0) is 15.7. The third-order valence-electron chi connectivity index (χ3n) is 3.66. The van der Waals surface area contributed by atoms with Crippen molar-refractivity contribution in [1.82, 2.24) is 14.5 Å². The van der Waals surface area contributed by atoms with Crippen molar-refractivity contribution >= 4 is 6.09 Å². The Balaban J connectivity index is 1.80. The summed E-state index contributed by atoms with van der Waals surface area (Å²) in [5.74, 6) is 0. The van der Waals surface area contributed by atoms with Crippen LogP contribution in [0.3, 0.4) is 0 Å². The van der Waals surface area contributed by atoms with Gasteiger partial charge in [-0.3, -0.25) is 0 Å². The molecule has 0 fully saturated rings. The van der Waals surface area contributed by atoms with E-state index in [4.69, 9.17) is 4.74 Å². The highest BCUT2D eigenvalue weighted by Gasteiger charge is 2.25. The summed E-state index contributed by atoms with van der Waals surface area (Å²) in [4.78, 5) is 18.1. The highest BCUT2D eigenvalue weighted by molar-refractivity contribution is 5.68. The van der Waals surface area contributed by atoms with Crippen molar-refractivity contribution in [3.8, 4) is 5.69 Å². The van der Waals surface area contributed by atoms with Gasteiger partial charge in [-0.05, 0) is 50.5 Å². The molecule has 3 rings (SSSR count). The third-order valence-corrected chi connectivity index (χ3v) is 3.66. The zero-order valence-corrected chi connectivity index (χ0v) is 13.2. The van der Waals surface area contributed by atoms with Gasteiger partial charge in [-0.25, -0.2) is 9.78 Å². The quantitative estimate of drug-likeness (QED) is 0.812. The Morgan fingerprint density at radius 2 is 2.09 bits per heavy atom. The molecule has 1 aromatic heterocycles. The normalized spacial score (nSPS) is 14.6. The molecule has 5 nitrogen and oxygen atoms in total. The number of nitrogens with zero attached hydrogens (tertiary/aromatic N) is 3. The lowest BCUT2D eigenvalue weighted by atomic mass is 9.99. The maximum atomic E-state index is 12.2. The van der Waals surface area contributed by atoms with E-state index in [1.54, 1.807) is 17.4 Å². The van der Waals surface area contributed by atoms with Gasteiger partial charge in [-0.2, -0.15) is 0 Å². The molecule has 0 spiro atoms. The number of aromatic nitrogens is 2. The summed E-state index contributed by atoms with van der Waals surface area (Å²) in [5, 5.41) is 0. The molecule has 0 atom stereocenters. The number of imidazole rings is 1. The van der Waals surface area contributed by atoms with Gasteiger partial charge in [0.2, 0.25) is 0 Å². The van der Waals surface area contributed by atoms with Crippen LogP contribution < -0.4 is 0 Å². The van der Waals surface area contributed by atoms with E-state index in [0.29, 0.717) is 13.1 Å². The minimum atomic E-state index is -0.462. The monoisotopic (exact) mass is 299 g/mol. The number of hydrogen-bond acceptors (Lipinski definition) is 3. The van der Waals surface area contributed by atoms with E-state index in [2.05, 4.69) is 23.2 Å². The van der Waals surface area contributed by atoms with Crippen LogP contribution >= 0.6 is 0 Å². The van der Waals surface area contributed by atoms with Gasteiger partial charge in [-0.1, -0.05) is 6.07 Å². The van der Waals surface area contributed by atoms with Crippen molar-refractivity contribution in [3.05, 3.63) is 48.0 Å². The van der Waals surface area contributed by atoms with E-state index in [-0.39, 0.29) is 6.09 Å². The molecular weight excluding hydrogens is 278 g/mol. The average Bonchev–Trinajstić information content (AvgIpc) is 2.98. The lowest BCUT2D eigenvalue weighted by molar-refractivity contribution is 0.0224. The Morgan fingerprint density at radius 1 is 1.27 bits per heavy atom. The number of rotatable bonds is 1. The topological polar surface area (TPSA) is 47.4 Å². The first-order chi connectivity index (χ1) is 10.4. The van der Waals surface area contributed by atoms with Crippen LogP contribution in [0, 0.1) is 0 Å². The first-order valence-electron chi connectivity index (χ1n) is 7.50. The Morgan fingerprint density at radius 3 is 2.77 bits per heavy atom. The smallest absolute Gasteiger partial charge is 0.410 e. The van der Waals surface area contributed by atoms with E-state index in [1.807, 2.05) is 31.5 Å². The molecule has 5 heteroatoms. The van der Waals surface area contributed by atoms with Crippen LogP contribution in [0.2, 0.25) is 0 Å². The SMILES string of the molecule is CC(C)(C)OC(=O)N1CCc2ccc(-n3ccnc3)cc2C1. The molecule has 1 amide bonds. The summed E-state index contributed by atoms with van der Waals surface area (Å²) >= 11 is 0. The van der Waals surface area contributed by atoms with E-state index < -0.39 is 5.60 Å². The van der Waals surface area contributed by atoms with E-state index in [0.717, 1.165) is 12.1 Å². The molecule has 2 heterocycles. The molecule has 0 unspecified atom stereocenters.